The molecule has 0 bridgehead atoms. The number of piperidine rings is 1. The third kappa shape index (κ3) is 3.17. The number of carbonyl (C=O) groups excluding carboxylic acids is 1. The van der Waals surface area contributed by atoms with Crippen LogP contribution in [-0.2, 0) is 0 Å². The van der Waals surface area contributed by atoms with E-state index in [-0.39, 0.29) is 11.8 Å². The number of anilines is 1. The molecule has 0 saturated carbocycles. The van der Waals surface area contributed by atoms with Crippen LogP contribution in [0.2, 0.25) is 0 Å². The molecule has 2 aromatic carbocycles. The van der Waals surface area contributed by atoms with Crippen molar-refractivity contribution in [3.63, 3.8) is 0 Å². The van der Waals surface area contributed by atoms with Gasteiger partial charge in [0.15, 0.2) is 11.5 Å². The molecule has 1 amide bonds. The predicted molar refractivity (Wildman–Crippen MR) is 103 cm³/mol. The number of amides is 1. The standard InChI is InChI=1S/C21H23N3O2/c1-23(2)17-9-7-16(8-10-17)21(25)24-13-11-15(12-14-24)20-22-18-5-3-4-6-19(18)26-20/h3-10,15H,11-14H2,1-2H3. The molecule has 0 spiro atoms. The molecule has 1 fully saturated rings. The van der Waals surface area contributed by atoms with Gasteiger partial charge in [0.05, 0.1) is 0 Å². The molecular formula is C21H23N3O2. The van der Waals surface area contributed by atoms with Crippen LogP contribution in [0, 0.1) is 0 Å². The number of nitrogens with zero attached hydrogens (tertiary/aromatic N) is 3. The molecule has 0 radical (unpaired) electrons. The fraction of sp³-hybridized carbons (Fsp3) is 0.333. The zero-order valence-electron chi connectivity index (χ0n) is 15.2. The second-order valence-corrected chi connectivity index (χ2v) is 7.03. The normalized spacial score (nSPS) is 15.4. The lowest BCUT2D eigenvalue weighted by Crippen LogP contribution is -2.38. The molecule has 5 heteroatoms. The van der Waals surface area contributed by atoms with Gasteiger partial charge in [-0.1, -0.05) is 12.1 Å². The van der Waals surface area contributed by atoms with E-state index in [1.807, 2.05) is 72.4 Å². The Morgan fingerprint density at radius 1 is 1.08 bits per heavy atom. The number of aromatic nitrogens is 1. The Morgan fingerprint density at radius 2 is 1.77 bits per heavy atom. The molecule has 0 aliphatic carbocycles. The summed E-state index contributed by atoms with van der Waals surface area (Å²) in [6.45, 7) is 1.47. The highest BCUT2D eigenvalue weighted by Crippen LogP contribution is 2.30. The number of carbonyl (C=O) groups is 1. The maximum atomic E-state index is 12.7. The highest BCUT2D eigenvalue weighted by atomic mass is 16.3. The highest BCUT2D eigenvalue weighted by Gasteiger charge is 2.27. The maximum absolute atomic E-state index is 12.7. The first-order chi connectivity index (χ1) is 12.6. The molecule has 1 aromatic heterocycles. The van der Waals surface area contributed by atoms with Crippen molar-refractivity contribution < 1.29 is 9.21 Å². The first-order valence-electron chi connectivity index (χ1n) is 9.04. The summed E-state index contributed by atoms with van der Waals surface area (Å²) in [6, 6.07) is 15.6. The summed E-state index contributed by atoms with van der Waals surface area (Å²) in [5.41, 5.74) is 3.58. The Balaban J connectivity index is 1.41. The van der Waals surface area contributed by atoms with Crippen molar-refractivity contribution >= 4 is 22.7 Å². The molecule has 0 unspecified atom stereocenters. The molecule has 1 saturated heterocycles. The molecule has 134 valence electrons. The average Bonchev–Trinajstić information content (AvgIpc) is 3.12. The summed E-state index contributed by atoms with van der Waals surface area (Å²) in [7, 11) is 3.99. The van der Waals surface area contributed by atoms with Crippen molar-refractivity contribution in [2.75, 3.05) is 32.1 Å². The minimum Gasteiger partial charge on any atom is -0.440 e. The molecule has 26 heavy (non-hydrogen) atoms. The van der Waals surface area contributed by atoms with Gasteiger partial charge in [0.1, 0.15) is 5.52 Å². The van der Waals surface area contributed by atoms with Gasteiger partial charge in [-0.25, -0.2) is 4.98 Å². The molecule has 0 atom stereocenters. The van der Waals surface area contributed by atoms with E-state index in [1.165, 1.54) is 0 Å². The van der Waals surface area contributed by atoms with Crippen LogP contribution in [0.5, 0.6) is 0 Å². The van der Waals surface area contributed by atoms with Gasteiger partial charge in [0.2, 0.25) is 0 Å². The molecule has 3 aromatic rings. The summed E-state index contributed by atoms with van der Waals surface area (Å²) in [4.78, 5) is 21.3. The van der Waals surface area contributed by atoms with E-state index in [0.717, 1.165) is 54.2 Å². The fourth-order valence-corrected chi connectivity index (χ4v) is 3.48. The van der Waals surface area contributed by atoms with Crippen molar-refractivity contribution in [3.8, 4) is 0 Å². The number of likely N-dealkylation sites (tertiary alicyclic amines) is 1. The average molecular weight is 349 g/mol. The van der Waals surface area contributed by atoms with Gasteiger partial charge in [-0.15, -0.1) is 0 Å². The van der Waals surface area contributed by atoms with Crippen LogP contribution in [0.4, 0.5) is 5.69 Å². The lowest BCUT2D eigenvalue weighted by atomic mass is 9.96. The number of para-hydroxylation sites is 2. The van der Waals surface area contributed by atoms with Crippen molar-refractivity contribution in [3.05, 3.63) is 60.0 Å². The van der Waals surface area contributed by atoms with Gasteiger partial charge in [-0.05, 0) is 49.2 Å². The lowest BCUT2D eigenvalue weighted by Gasteiger charge is -2.30. The van der Waals surface area contributed by atoms with Gasteiger partial charge in [-0.3, -0.25) is 4.79 Å². The van der Waals surface area contributed by atoms with E-state index in [4.69, 9.17) is 4.42 Å². The Hall–Kier alpha value is -2.82. The number of oxazole rings is 1. The highest BCUT2D eigenvalue weighted by molar-refractivity contribution is 5.94. The molecule has 2 heterocycles. The second-order valence-electron chi connectivity index (χ2n) is 7.03. The minimum atomic E-state index is 0.103. The van der Waals surface area contributed by atoms with Gasteiger partial charge >= 0.3 is 0 Å². The summed E-state index contributed by atoms with van der Waals surface area (Å²) < 4.78 is 5.90. The summed E-state index contributed by atoms with van der Waals surface area (Å²) in [6.07, 6.45) is 1.77. The number of hydrogen-bond acceptors (Lipinski definition) is 4. The Kier molecular flexibility index (Phi) is 4.37. The quantitative estimate of drug-likeness (QED) is 0.719. The second kappa shape index (κ2) is 6.83. The fourth-order valence-electron chi connectivity index (χ4n) is 3.48. The summed E-state index contributed by atoms with van der Waals surface area (Å²) in [5, 5.41) is 0. The van der Waals surface area contributed by atoms with Crippen molar-refractivity contribution in [1.82, 2.24) is 9.88 Å². The SMILES string of the molecule is CN(C)c1ccc(C(=O)N2CCC(c3nc4ccccc4o3)CC2)cc1. The minimum absolute atomic E-state index is 0.103. The van der Waals surface area contributed by atoms with Crippen LogP contribution in [0.1, 0.15) is 35.0 Å². The van der Waals surface area contributed by atoms with Gasteiger partial charge in [-0.2, -0.15) is 0 Å². The van der Waals surface area contributed by atoms with Crippen LogP contribution in [0.25, 0.3) is 11.1 Å². The Morgan fingerprint density at radius 3 is 2.42 bits per heavy atom. The third-order valence-corrected chi connectivity index (χ3v) is 5.07. The smallest absolute Gasteiger partial charge is 0.253 e. The number of rotatable bonds is 3. The summed E-state index contributed by atoms with van der Waals surface area (Å²) in [5.74, 6) is 1.18. The van der Waals surface area contributed by atoms with Crippen molar-refractivity contribution in [2.24, 2.45) is 0 Å². The first-order valence-corrected chi connectivity index (χ1v) is 9.04. The maximum Gasteiger partial charge on any atom is 0.253 e. The molecule has 5 nitrogen and oxygen atoms in total. The van der Waals surface area contributed by atoms with E-state index in [1.54, 1.807) is 0 Å². The topological polar surface area (TPSA) is 49.6 Å². The zero-order valence-corrected chi connectivity index (χ0v) is 15.2. The third-order valence-electron chi connectivity index (χ3n) is 5.07. The van der Waals surface area contributed by atoms with E-state index < -0.39 is 0 Å². The van der Waals surface area contributed by atoms with Crippen molar-refractivity contribution in [2.45, 2.75) is 18.8 Å². The van der Waals surface area contributed by atoms with E-state index >= 15 is 0 Å². The van der Waals surface area contributed by atoms with E-state index in [0.29, 0.717) is 0 Å². The number of benzene rings is 2. The van der Waals surface area contributed by atoms with Crippen LogP contribution in [0.15, 0.2) is 52.9 Å². The monoisotopic (exact) mass is 349 g/mol. The van der Waals surface area contributed by atoms with Gasteiger partial charge in [0, 0.05) is 44.4 Å². The number of fused-ring (bicyclic) bond motifs is 1. The molecule has 0 N–H and O–H groups in total. The Bertz CT molecular complexity index is 873. The summed E-state index contributed by atoms with van der Waals surface area (Å²) >= 11 is 0. The van der Waals surface area contributed by atoms with E-state index in [2.05, 4.69) is 4.98 Å². The van der Waals surface area contributed by atoms with Crippen LogP contribution in [-0.4, -0.2) is 43.0 Å². The molecule has 4 rings (SSSR count). The van der Waals surface area contributed by atoms with Crippen molar-refractivity contribution in [1.29, 1.82) is 0 Å². The number of hydrogen-bond donors (Lipinski definition) is 0. The zero-order chi connectivity index (χ0) is 18.1. The molecule has 1 aliphatic rings. The first kappa shape index (κ1) is 16.6. The van der Waals surface area contributed by atoms with Crippen LogP contribution in [0.3, 0.4) is 0 Å². The van der Waals surface area contributed by atoms with Gasteiger partial charge < -0.3 is 14.2 Å². The van der Waals surface area contributed by atoms with Crippen LogP contribution < -0.4 is 4.90 Å². The molecule has 1 aliphatic heterocycles. The largest absolute Gasteiger partial charge is 0.440 e. The molecular weight excluding hydrogens is 326 g/mol. The lowest BCUT2D eigenvalue weighted by molar-refractivity contribution is 0.0707. The van der Waals surface area contributed by atoms with Crippen LogP contribution >= 0.6 is 0 Å². The van der Waals surface area contributed by atoms with Gasteiger partial charge in [0.25, 0.3) is 5.91 Å². The Labute approximate surface area is 153 Å². The predicted octanol–water partition coefficient (Wildman–Crippen LogP) is 3.91. The van der Waals surface area contributed by atoms with E-state index in [9.17, 15) is 4.79 Å².